The summed E-state index contributed by atoms with van der Waals surface area (Å²) in [7, 11) is -3.01. The van der Waals surface area contributed by atoms with Gasteiger partial charge < -0.3 is 10.6 Å². The lowest BCUT2D eigenvalue weighted by molar-refractivity contribution is -0.149. The minimum Gasteiger partial charge on any atom is -0.369 e. The Morgan fingerprint density at radius 3 is 2.50 bits per heavy atom. The zero-order chi connectivity index (χ0) is 27.3. The van der Waals surface area contributed by atoms with Gasteiger partial charge in [-0.1, -0.05) is 18.2 Å². The van der Waals surface area contributed by atoms with Crippen molar-refractivity contribution in [2.45, 2.75) is 38.0 Å². The molecular formula is C27H29F2N5O3S. The van der Waals surface area contributed by atoms with Gasteiger partial charge in [-0.15, -0.1) is 0 Å². The molecule has 1 aliphatic heterocycles. The van der Waals surface area contributed by atoms with Crippen molar-refractivity contribution in [3.63, 3.8) is 0 Å². The highest BCUT2D eigenvalue weighted by molar-refractivity contribution is 7.91. The number of anilines is 1. The van der Waals surface area contributed by atoms with Crippen LogP contribution in [0.2, 0.25) is 0 Å². The minimum absolute atomic E-state index is 0.0425. The summed E-state index contributed by atoms with van der Waals surface area (Å²) >= 11 is 0. The molecule has 3 atom stereocenters. The second-order valence-electron chi connectivity index (χ2n) is 10.4. The van der Waals surface area contributed by atoms with Crippen LogP contribution in [0.1, 0.15) is 37.8 Å². The quantitative estimate of drug-likeness (QED) is 0.525. The first-order valence-electron chi connectivity index (χ1n) is 12.6. The molecule has 38 heavy (non-hydrogen) atoms. The van der Waals surface area contributed by atoms with Gasteiger partial charge in [0.25, 0.3) is 0 Å². The Morgan fingerprint density at radius 1 is 1.18 bits per heavy atom. The van der Waals surface area contributed by atoms with E-state index in [9.17, 15) is 27.3 Å². The lowest BCUT2D eigenvalue weighted by atomic mass is 9.57. The number of hydrogen-bond acceptors (Lipinski definition) is 6. The molecular weight excluding hydrogens is 512 g/mol. The number of carbonyl (C=O) groups is 1. The number of fused-ring (bicyclic) bond motifs is 1. The van der Waals surface area contributed by atoms with E-state index in [1.165, 1.54) is 6.92 Å². The van der Waals surface area contributed by atoms with Crippen molar-refractivity contribution < 1.29 is 22.0 Å². The zero-order valence-corrected chi connectivity index (χ0v) is 21.8. The van der Waals surface area contributed by atoms with Gasteiger partial charge in [0.05, 0.1) is 40.1 Å². The van der Waals surface area contributed by atoms with Gasteiger partial charge in [-0.25, -0.2) is 21.7 Å². The molecule has 3 aromatic rings. The highest BCUT2D eigenvalue weighted by Gasteiger charge is 2.59. The van der Waals surface area contributed by atoms with Crippen LogP contribution in [0.15, 0.2) is 48.7 Å². The first-order chi connectivity index (χ1) is 18.0. The average molecular weight is 542 g/mol. The van der Waals surface area contributed by atoms with Gasteiger partial charge in [0.2, 0.25) is 11.8 Å². The van der Waals surface area contributed by atoms with Gasteiger partial charge >= 0.3 is 0 Å². The fraction of sp³-hybridized carbons (Fsp3) is 0.444. The summed E-state index contributed by atoms with van der Waals surface area (Å²) < 4.78 is 54.8. The summed E-state index contributed by atoms with van der Waals surface area (Å²) in [5, 5.41) is 14.5. The van der Waals surface area contributed by atoms with E-state index in [4.69, 9.17) is 10.8 Å². The summed E-state index contributed by atoms with van der Waals surface area (Å²) in [5.74, 6) is -5.67. The maximum absolute atomic E-state index is 14.8. The molecule has 200 valence electrons. The molecule has 3 heterocycles. The van der Waals surface area contributed by atoms with Crippen LogP contribution in [0.4, 0.5) is 14.5 Å². The van der Waals surface area contributed by atoms with Crippen molar-refractivity contribution in [1.82, 2.24) is 9.61 Å². The lowest BCUT2D eigenvalue weighted by Gasteiger charge is -2.45. The third-order valence-corrected chi connectivity index (χ3v) is 9.77. The SMILES string of the molecule is C[C@H](C#N)C1(C(N)=O)CC(F)(F)CCC1c1nn2ccccc2c1-c1ccc(N2CCS(=O)(=O)CC2)cc1. The van der Waals surface area contributed by atoms with E-state index in [0.717, 1.165) is 16.8 Å². The summed E-state index contributed by atoms with van der Waals surface area (Å²) in [6.07, 6.45) is 0.467. The van der Waals surface area contributed by atoms with Crippen molar-refractivity contribution in [3.05, 3.63) is 54.4 Å². The normalized spacial score (nSPS) is 25.5. The van der Waals surface area contributed by atoms with E-state index in [2.05, 4.69) is 0 Å². The number of primary amides is 1. The second kappa shape index (κ2) is 9.34. The largest absolute Gasteiger partial charge is 0.369 e. The molecule has 5 rings (SSSR count). The van der Waals surface area contributed by atoms with Crippen molar-refractivity contribution in [1.29, 1.82) is 5.26 Å². The Hall–Kier alpha value is -3.52. The van der Waals surface area contributed by atoms with Crippen LogP contribution in [-0.4, -0.2) is 54.5 Å². The third kappa shape index (κ3) is 4.41. The maximum atomic E-state index is 14.8. The summed E-state index contributed by atoms with van der Waals surface area (Å²) in [6, 6.07) is 15.1. The van der Waals surface area contributed by atoms with E-state index >= 15 is 0 Å². The molecule has 0 radical (unpaired) electrons. The number of nitrogens with zero attached hydrogens (tertiary/aromatic N) is 4. The summed E-state index contributed by atoms with van der Waals surface area (Å²) in [5.41, 5.74) is 7.58. The van der Waals surface area contributed by atoms with E-state index in [1.54, 1.807) is 16.8 Å². The minimum atomic E-state index is -3.13. The molecule has 2 fully saturated rings. The number of halogens is 2. The van der Waals surface area contributed by atoms with Gasteiger partial charge in [-0.3, -0.25) is 4.79 Å². The second-order valence-corrected chi connectivity index (χ2v) is 12.7. The van der Waals surface area contributed by atoms with Crippen LogP contribution in [0, 0.1) is 22.7 Å². The van der Waals surface area contributed by atoms with Crippen LogP contribution in [0.5, 0.6) is 0 Å². The number of nitrogens with two attached hydrogens (primary N) is 1. The smallest absolute Gasteiger partial charge is 0.249 e. The predicted molar refractivity (Wildman–Crippen MR) is 139 cm³/mol. The molecule has 2 N–H and O–H groups in total. The molecule has 0 spiro atoms. The van der Waals surface area contributed by atoms with Crippen molar-refractivity contribution >= 4 is 26.9 Å². The van der Waals surface area contributed by atoms with Gasteiger partial charge in [0.1, 0.15) is 0 Å². The van der Waals surface area contributed by atoms with Gasteiger partial charge in [0.15, 0.2) is 9.84 Å². The molecule has 1 saturated heterocycles. The van der Waals surface area contributed by atoms with Crippen LogP contribution < -0.4 is 10.6 Å². The van der Waals surface area contributed by atoms with E-state index < -0.39 is 51.8 Å². The van der Waals surface area contributed by atoms with E-state index in [-0.39, 0.29) is 17.9 Å². The monoisotopic (exact) mass is 541 g/mol. The number of rotatable bonds is 5. The van der Waals surface area contributed by atoms with Crippen molar-refractivity contribution in [3.8, 4) is 17.2 Å². The zero-order valence-electron chi connectivity index (χ0n) is 21.0. The predicted octanol–water partition coefficient (Wildman–Crippen LogP) is 3.77. The summed E-state index contributed by atoms with van der Waals surface area (Å²) in [6.45, 7) is 2.29. The molecule has 1 aliphatic carbocycles. The lowest BCUT2D eigenvalue weighted by Crippen LogP contribution is -2.53. The number of alkyl halides is 2. The maximum Gasteiger partial charge on any atom is 0.249 e. The molecule has 8 nitrogen and oxygen atoms in total. The van der Waals surface area contributed by atoms with Crippen LogP contribution >= 0.6 is 0 Å². The molecule has 1 saturated carbocycles. The van der Waals surface area contributed by atoms with Gasteiger partial charge in [0, 0.05) is 49.3 Å². The van der Waals surface area contributed by atoms with E-state index in [1.807, 2.05) is 47.4 Å². The Balaban J connectivity index is 1.62. The highest BCUT2D eigenvalue weighted by Crippen LogP contribution is 2.57. The molecule has 2 unspecified atom stereocenters. The van der Waals surface area contributed by atoms with Gasteiger partial charge in [-0.05, 0) is 43.2 Å². The molecule has 0 bridgehead atoms. The third-order valence-electron chi connectivity index (χ3n) is 8.16. The fourth-order valence-electron chi connectivity index (χ4n) is 6.04. The molecule has 1 aromatic carbocycles. The Kier molecular flexibility index (Phi) is 6.42. The number of aromatic nitrogens is 2. The number of benzene rings is 1. The number of carbonyl (C=O) groups excluding carboxylic acids is 1. The molecule has 2 aromatic heterocycles. The molecule has 11 heteroatoms. The molecule has 2 aliphatic rings. The van der Waals surface area contributed by atoms with Gasteiger partial charge in [-0.2, -0.15) is 10.4 Å². The number of amides is 1. The molecule has 1 amide bonds. The first-order valence-corrected chi connectivity index (χ1v) is 14.4. The number of hydrogen-bond donors (Lipinski definition) is 1. The summed E-state index contributed by atoms with van der Waals surface area (Å²) in [4.78, 5) is 14.9. The topological polar surface area (TPSA) is 122 Å². The van der Waals surface area contributed by atoms with Crippen LogP contribution in [0.3, 0.4) is 0 Å². The number of nitriles is 1. The van der Waals surface area contributed by atoms with Crippen molar-refractivity contribution in [2.24, 2.45) is 17.1 Å². The standard InChI is InChI=1S/C27H29F2N5O3S/c1-18(16-30)27(25(31)35)17-26(28,29)10-9-21(27)24-23(22-4-2-3-11-34(22)32-24)19-5-7-20(8-6-19)33-12-14-38(36,37)15-13-33/h2-8,11,18,21H,9-10,12-15,17H2,1H3,(H2,31,35)/t18-,21?,27?/m1/s1. The first kappa shape index (κ1) is 26.1. The highest BCUT2D eigenvalue weighted by atomic mass is 32.2. The number of sulfone groups is 1. The average Bonchev–Trinajstić information content (AvgIpc) is 3.26. The Bertz CT molecular complexity index is 1520. The fourth-order valence-corrected chi connectivity index (χ4v) is 7.24. The van der Waals surface area contributed by atoms with E-state index in [0.29, 0.717) is 24.3 Å². The Morgan fingerprint density at radius 2 is 1.87 bits per heavy atom. The number of pyridine rings is 1. The van der Waals surface area contributed by atoms with Crippen LogP contribution in [-0.2, 0) is 14.6 Å². The Labute approximate surface area is 220 Å². The van der Waals surface area contributed by atoms with Crippen molar-refractivity contribution in [2.75, 3.05) is 29.5 Å². The van der Waals surface area contributed by atoms with Crippen LogP contribution in [0.25, 0.3) is 16.6 Å².